The molecule has 0 atom stereocenters. The molecule has 0 aliphatic carbocycles. The number of rotatable bonds is 3. The molecule has 0 amide bonds. The van der Waals surface area contributed by atoms with E-state index in [-0.39, 0.29) is 5.69 Å². The average Bonchev–Trinajstić information content (AvgIpc) is 2.39. The van der Waals surface area contributed by atoms with Gasteiger partial charge in [-0.15, -0.1) is 0 Å². The van der Waals surface area contributed by atoms with E-state index in [0.29, 0.717) is 17.0 Å². The maximum absolute atomic E-state index is 10.9. The fraction of sp³-hybridized carbons (Fsp3) is 0.0833. The highest BCUT2D eigenvalue weighted by Crippen LogP contribution is 2.31. The SMILES string of the molecule is COc1ccc([N+](=O)[O-])c(-c2ccccn2)c1. The molecule has 1 aromatic heterocycles. The van der Waals surface area contributed by atoms with Gasteiger partial charge < -0.3 is 4.74 Å². The zero-order valence-corrected chi connectivity index (χ0v) is 9.16. The Morgan fingerprint density at radius 2 is 2.12 bits per heavy atom. The first-order valence-corrected chi connectivity index (χ1v) is 4.96. The molecule has 0 aliphatic heterocycles. The Morgan fingerprint density at radius 1 is 1.29 bits per heavy atom. The molecule has 86 valence electrons. The van der Waals surface area contributed by atoms with Gasteiger partial charge in [0.15, 0.2) is 0 Å². The fourth-order valence-corrected chi connectivity index (χ4v) is 1.53. The average molecular weight is 230 g/mol. The summed E-state index contributed by atoms with van der Waals surface area (Å²) in [4.78, 5) is 14.6. The van der Waals surface area contributed by atoms with Crippen LogP contribution in [0.15, 0.2) is 42.6 Å². The number of ether oxygens (including phenoxy) is 1. The lowest BCUT2D eigenvalue weighted by Crippen LogP contribution is -1.94. The van der Waals surface area contributed by atoms with Gasteiger partial charge in [0.2, 0.25) is 0 Å². The van der Waals surface area contributed by atoms with Crippen LogP contribution in [0.25, 0.3) is 11.3 Å². The van der Waals surface area contributed by atoms with Crippen molar-refractivity contribution in [2.24, 2.45) is 0 Å². The minimum atomic E-state index is -0.427. The number of hydrogen-bond acceptors (Lipinski definition) is 4. The Kier molecular flexibility index (Phi) is 3.00. The van der Waals surface area contributed by atoms with Crippen LogP contribution in [0, 0.1) is 10.1 Å². The van der Waals surface area contributed by atoms with Crippen LogP contribution in [0.2, 0.25) is 0 Å². The summed E-state index contributed by atoms with van der Waals surface area (Å²) in [6.07, 6.45) is 1.60. The third-order valence-corrected chi connectivity index (χ3v) is 2.34. The normalized spacial score (nSPS) is 9.94. The Morgan fingerprint density at radius 3 is 2.71 bits per heavy atom. The van der Waals surface area contributed by atoms with E-state index in [1.807, 2.05) is 0 Å². The summed E-state index contributed by atoms with van der Waals surface area (Å²) < 4.78 is 5.06. The molecule has 0 bridgehead atoms. The molecule has 0 unspecified atom stereocenters. The van der Waals surface area contributed by atoms with Crippen LogP contribution in [-0.2, 0) is 0 Å². The van der Waals surface area contributed by atoms with Crippen LogP contribution >= 0.6 is 0 Å². The number of nitrogens with zero attached hydrogens (tertiary/aromatic N) is 2. The van der Waals surface area contributed by atoms with E-state index in [1.165, 1.54) is 13.2 Å². The van der Waals surface area contributed by atoms with Gasteiger partial charge >= 0.3 is 0 Å². The van der Waals surface area contributed by atoms with Crippen LogP contribution in [0.4, 0.5) is 5.69 Å². The number of pyridine rings is 1. The molecule has 2 aromatic rings. The molecule has 5 heteroatoms. The van der Waals surface area contributed by atoms with Crippen molar-refractivity contribution in [3.05, 3.63) is 52.7 Å². The van der Waals surface area contributed by atoms with Crippen molar-refractivity contribution >= 4 is 5.69 Å². The highest BCUT2D eigenvalue weighted by Gasteiger charge is 2.16. The van der Waals surface area contributed by atoms with E-state index in [1.54, 1.807) is 36.5 Å². The first-order valence-electron chi connectivity index (χ1n) is 4.96. The van der Waals surface area contributed by atoms with Gasteiger partial charge in [-0.1, -0.05) is 6.07 Å². The molecule has 0 saturated carbocycles. The Bertz CT molecular complexity index is 541. The van der Waals surface area contributed by atoms with Gasteiger partial charge in [0.05, 0.1) is 23.3 Å². The van der Waals surface area contributed by atoms with Crippen molar-refractivity contribution in [3.63, 3.8) is 0 Å². The quantitative estimate of drug-likeness (QED) is 0.600. The zero-order valence-electron chi connectivity index (χ0n) is 9.16. The highest BCUT2D eigenvalue weighted by molar-refractivity contribution is 5.72. The van der Waals surface area contributed by atoms with Crippen molar-refractivity contribution in [2.45, 2.75) is 0 Å². The maximum atomic E-state index is 10.9. The lowest BCUT2D eigenvalue weighted by atomic mass is 10.1. The van der Waals surface area contributed by atoms with Crippen LogP contribution in [0.1, 0.15) is 0 Å². The molecule has 5 nitrogen and oxygen atoms in total. The van der Waals surface area contributed by atoms with E-state index in [0.717, 1.165) is 0 Å². The van der Waals surface area contributed by atoms with E-state index < -0.39 is 4.92 Å². The predicted octanol–water partition coefficient (Wildman–Crippen LogP) is 2.67. The summed E-state index contributed by atoms with van der Waals surface area (Å²) in [5.41, 5.74) is 1.03. The Labute approximate surface area is 97.8 Å². The summed E-state index contributed by atoms with van der Waals surface area (Å²) >= 11 is 0. The van der Waals surface area contributed by atoms with Crippen molar-refractivity contribution in [1.29, 1.82) is 0 Å². The second-order valence-electron chi connectivity index (χ2n) is 3.36. The van der Waals surface area contributed by atoms with Gasteiger partial charge in [0.25, 0.3) is 5.69 Å². The van der Waals surface area contributed by atoms with Gasteiger partial charge in [-0.25, -0.2) is 0 Å². The fourth-order valence-electron chi connectivity index (χ4n) is 1.53. The second kappa shape index (κ2) is 4.61. The molecular formula is C12H10N2O3. The minimum absolute atomic E-state index is 0.0181. The van der Waals surface area contributed by atoms with Crippen LogP contribution < -0.4 is 4.74 Å². The first-order chi connectivity index (χ1) is 8.22. The third kappa shape index (κ3) is 2.23. The Balaban J connectivity index is 2.61. The number of nitro benzene ring substituents is 1. The van der Waals surface area contributed by atoms with E-state index in [9.17, 15) is 10.1 Å². The number of nitro groups is 1. The molecule has 0 aliphatic rings. The second-order valence-corrected chi connectivity index (χ2v) is 3.36. The number of aromatic nitrogens is 1. The summed E-state index contributed by atoms with van der Waals surface area (Å²) in [5.74, 6) is 0.566. The van der Waals surface area contributed by atoms with Crippen molar-refractivity contribution < 1.29 is 9.66 Å². The standard InChI is InChI=1S/C12H10N2O3/c1-17-9-5-6-12(14(15)16)10(8-9)11-4-2-3-7-13-11/h2-8H,1H3. The van der Waals surface area contributed by atoms with Gasteiger partial charge in [0, 0.05) is 12.3 Å². The highest BCUT2D eigenvalue weighted by atomic mass is 16.6. The Hall–Kier alpha value is -2.43. The summed E-state index contributed by atoms with van der Waals surface area (Å²) in [7, 11) is 1.52. The predicted molar refractivity (Wildman–Crippen MR) is 62.9 cm³/mol. The van der Waals surface area contributed by atoms with Gasteiger partial charge in [-0.2, -0.15) is 0 Å². The maximum Gasteiger partial charge on any atom is 0.279 e. The van der Waals surface area contributed by atoms with E-state index in [4.69, 9.17) is 4.74 Å². The zero-order chi connectivity index (χ0) is 12.3. The number of hydrogen-bond donors (Lipinski definition) is 0. The molecule has 1 aromatic carbocycles. The van der Waals surface area contributed by atoms with Crippen LogP contribution in [0.5, 0.6) is 5.75 Å². The molecule has 17 heavy (non-hydrogen) atoms. The lowest BCUT2D eigenvalue weighted by molar-refractivity contribution is -0.384. The molecule has 0 N–H and O–H groups in total. The lowest BCUT2D eigenvalue weighted by Gasteiger charge is -2.05. The van der Waals surface area contributed by atoms with E-state index >= 15 is 0 Å². The topological polar surface area (TPSA) is 65.3 Å². The van der Waals surface area contributed by atoms with E-state index in [2.05, 4.69) is 4.98 Å². The number of benzene rings is 1. The van der Waals surface area contributed by atoms with Crippen molar-refractivity contribution in [3.8, 4) is 17.0 Å². The number of methoxy groups -OCH3 is 1. The third-order valence-electron chi connectivity index (χ3n) is 2.34. The first kappa shape index (κ1) is 11.1. The summed E-state index contributed by atoms with van der Waals surface area (Å²) in [6, 6.07) is 9.86. The monoisotopic (exact) mass is 230 g/mol. The van der Waals surface area contributed by atoms with Crippen LogP contribution in [0.3, 0.4) is 0 Å². The smallest absolute Gasteiger partial charge is 0.279 e. The van der Waals surface area contributed by atoms with Crippen molar-refractivity contribution in [1.82, 2.24) is 4.98 Å². The minimum Gasteiger partial charge on any atom is -0.497 e. The van der Waals surface area contributed by atoms with Gasteiger partial charge in [0.1, 0.15) is 5.75 Å². The molecule has 2 rings (SSSR count). The summed E-state index contributed by atoms with van der Waals surface area (Å²) in [6.45, 7) is 0. The van der Waals surface area contributed by atoms with Gasteiger partial charge in [-0.05, 0) is 24.3 Å². The van der Waals surface area contributed by atoms with Gasteiger partial charge in [-0.3, -0.25) is 15.1 Å². The molecular weight excluding hydrogens is 220 g/mol. The van der Waals surface area contributed by atoms with Crippen LogP contribution in [-0.4, -0.2) is 17.0 Å². The molecule has 0 spiro atoms. The van der Waals surface area contributed by atoms with Crippen molar-refractivity contribution in [2.75, 3.05) is 7.11 Å². The molecule has 0 saturated heterocycles. The molecule has 0 radical (unpaired) electrons. The largest absolute Gasteiger partial charge is 0.497 e. The molecule has 0 fully saturated rings. The summed E-state index contributed by atoms with van der Waals surface area (Å²) in [5, 5.41) is 10.9. The molecule has 1 heterocycles.